The van der Waals surface area contributed by atoms with Gasteiger partial charge in [-0.15, -0.1) is 11.3 Å². The number of carbonyl (C=O) groups is 3. The van der Waals surface area contributed by atoms with Crippen molar-refractivity contribution in [2.75, 3.05) is 20.1 Å². The molecule has 1 aliphatic heterocycles. The zero-order valence-electron chi connectivity index (χ0n) is 21.6. The maximum absolute atomic E-state index is 14.3. The van der Waals surface area contributed by atoms with Crippen molar-refractivity contribution >= 4 is 39.8 Å². The van der Waals surface area contributed by atoms with Crippen molar-refractivity contribution in [2.45, 2.75) is 49.7 Å². The van der Waals surface area contributed by atoms with Crippen LogP contribution in [0.5, 0.6) is 0 Å². The summed E-state index contributed by atoms with van der Waals surface area (Å²) in [4.78, 5) is 44.7. The molecule has 2 atom stereocenters. The Morgan fingerprint density at radius 1 is 1.18 bits per heavy atom. The highest BCUT2D eigenvalue weighted by atomic mass is 32.1. The third-order valence-corrected chi connectivity index (χ3v) is 8.68. The molecule has 1 saturated carbocycles. The Balaban J connectivity index is 1.46. The number of rotatable bonds is 8. The molecule has 0 bridgehead atoms. The van der Waals surface area contributed by atoms with Crippen molar-refractivity contribution in [3.63, 3.8) is 0 Å². The van der Waals surface area contributed by atoms with Crippen LogP contribution in [0.25, 0.3) is 10.8 Å². The van der Waals surface area contributed by atoms with Gasteiger partial charge in [-0.25, -0.2) is 0 Å². The van der Waals surface area contributed by atoms with E-state index in [0.29, 0.717) is 31.5 Å². The number of piperazine rings is 1. The highest BCUT2D eigenvalue weighted by molar-refractivity contribution is 7.09. The Labute approximate surface area is 227 Å². The highest BCUT2D eigenvalue weighted by Crippen LogP contribution is 2.33. The molecule has 3 aromatic rings. The van der Waals surface area contributed by atoms with E-state index in [9.17, 15) is 14.4 Å². The van der Waals surface area contributed by atoms with Gasteiger partial charge in [0.1, 0.15) is 12.1 Å². The van der Waals surface area contributed by atoms with E-state index in [-0.39, 0.29) is 23.3 Å². The fourth-order valence-electron chi connectivity index (χ4n) is 5.34. The molecule has 3 N–H and O–H groups in total. The topological polar surface area (TPSA) is 95.7 Å². The van der Waals surface area contributed by atoms with Gasteiger partial charge in [0, 0.05) is 37.0 Å². The van der Waals surface area contributed by atoms with Crippen molar-refractivity contribution in [3.8, 4) is 0 Å². The molecule has 1 aliphatic carbocycles. The van der Waals surface area contributed by atoms with Gasteiger partial charge in [0.2, 0.25) is 11.8 Å². The molecule has 0 radical (unpaired) electrons. The molecule has 2 fully saturated rings. The predicted molar refractivity (Wildman–Crippen MR) is 151 cm³/mol. The molecule has 0 spiro atoms. The number of carbonyl (C=O) groups excluding carboxylic acids is 3. The molecule has 2 aromatic carbocycles. The van der Waals surface area contributed by atoms with E-state index in [1.165, 1.54) is 11.0 Å². The van der Waals surface area contributed by atoms with Crippen LogP contribution in [0, 0.1) is 0 Å². The first-order chi connectivity index (χ1) is 18.3. The van der Waals surface area contributed by atoms with E-state index in [4.69, 9.17) is 5.73 Å². The minimum absolute atomic E-state index is 0.169. The minimum atomic E-state index is -0.871. The first-order valence-corrected chi connectivity index (χ1v) is 14.0. The Morgan fingerprint density at radius 2 is 1.97 bits per heavy atom. The van der Waals surface area contributed by atoms with Crippen LogP contribution in [0.3, 0.4) is 0 Å². The van der Waals surface area contributed by atoms with Gasteiger partial charge in [-0.2, -0.15) is 0 Å². The summed E-state index contributed by atoms with van der Waals surface area (Å²) < 4.78 is 0. The summed E-state index contributed by atoms with van der Waals surface area (Å²) in [6.45, 7) is 0.768. The van der Waals surface area contributed by atoms with Crippen molar-refractivity contribution in [2.24, 2.45) is 5.73 Å². The predicted octanol–water partition coefficient (Wildman–Crippen LogP) is 3.80. The molecule has 0 unspecified atom stereocenters. The van der Waals surface area contributed by atoms with E-state index in [2.05, 4.69) is 5.32 Å². The Hall–Kier alpha value is -3.49. The third kappa shape index (κ3) is 5.51. The monoisotopic (exact) mass is 530 g/mol. The second kappa shape index (κ2) is 11.1. The first-order valence-electron chi connectivity index (χ1n) is 13.2. The van der Waals surface area contributed by atoms with E-state index < -0.39 is 12.1 Å². The number of fused-ring (bicyclic) bond motifs is 1. The van der Waals surface area contributed by atoms with Crippen LogP contribution in [0.2, 0.25) is 0 Å². The highest BCUT2D eigenvalue weighted by Gasteiger charge is 2.39. The Morgan fingerprint density at radius 3 is 2.68 bits per heavy atom. The molecule has 38 heavy (non-hydrogen) atoms. The van der Waals surface area contributed by atoms with Crippen LogP contribution < -0.4 is 11.1 Å². The molecule has 5 rings (SSSR count). The summed E-state index contributed by atoms with van der Waals surface area (Å²) in [5, 5.41) is 6.91. The average molecular weight is 531 g/mol. The number of hydrogen-bond donors (Lipinski definition) is 2. The second-order valence-corrected chi connectivity index (χ2v) is 11.4. The van der Waals surface area contributed by atoms with E-state index in [0.717, 1.165) is 34.9 Å². The summed E-state index contributed by atoms with van der Waals surface area (Å²) in [6, 6.07) is 16.2. The number of thiophene rings is 1. The van der Waals surface area contributed by atoms with Crippen LogP contribution in [-0.4, -0.2) is 59.2 Å². The van der Waals surface area contributed by atoms with Crippen molar-refractivity contribution in [3.05, 3.63) is 82.6 Å². The van der Waals surface area contributed by atoms with Gasteiger partial charge in [-0.3, -0.25) is 14.4 Å². The normalized spacial score (nSPS) is 19.7. The lowest BCUT2D eigenvalue weighted by molar-refractivity contribution is -0.149. The van der Waals surface area contributed by atoms with E-state index >= 15 is 0 Å². The van der Waals surface area contributed by atoms with Crippen LogP contribution in [-0.2, 0) is 20.8 Å². The molecule has 8 heteroatoms. The SMILES string of the molecule is CN(C(=O)/C=C/CC1(N)CCC1)[C@@H](C(=O)N1CCNC(=O)[C@H]1Cc1cccs1)c1ccc2ccccc2c1. The van der Waals surface area contributed by atoms with Gasteiger partial charge in [0.25, 0.3) is 5.91 Å². The van der Waals surface area contributed by atoms with E-state index in [1.54, 1.807) is 23.3 Å². The fraction of sp³-hybridized carbons (Fsp3) is 0.367. The lowest BCUT2D eigenvalue weighted by Crippen LogP contribution is -2.60. The molecule has 1 aromatic heterocycles. The van der Waals surface area contributed by atoms with Crippen molar-refractivity contribution in [1.29, 1.82) is 0 Å². The number of nitrogens with zero attached hydrogens (tertiary/aromatic N) is 2. The first kappa shape index (κ1) is 26.1. The standard InChI is InChI=1S/C30H34N4O3S/c1-33(26(35)10-4-13-30(31)14-6-15-30)27(23-12-11-21-7-2-3-8-22(21)19-23)29(37)34-17-16-32-28(36)25(34)20-24-9-5-18-38-24/h2-5,7-12,18-19,25,27H,6,13-17,20,31H2,1H3,(H,32,36)/b10-4+/t25-,27-/m1/s1. The molecule has 2 heterocycles. The molecular weight excluding hydrogens is 496 g/mol. The average Bonchev–Trinajstić information content (AvgIpc) is 3.42. The van der Waals surface area contributed by atoms with Crippen molar-refractivity contribution in [1.82, 2.24) is 15.1 Å². The summed E-state index contributed by atoms with van der Waals surface area (Å²) in [7, 11) is 1.66. The molecule has 3 amide bonds. The van der Waals surface area contributed by atoms with Gasteiger partial charge in [-0.1, -0.05) is 48.5 Å². The summed E-state index contributed by atoms with van der Waals surface area (Å²) in [5.74, 6) is -0.691. The molecule has 2 aliphatic rings. The van der Waals surface area contributed by atoms with Gasteiger partial charge >= 0.3 is 0 Å². The lowest BCUT2D eigenvalue weighted by atomic mass is 9.75. The lowest BCUT2D eigenvalue weighted by Gasteiger charge is -2.39. The quantitative estimate of drug-likeness (QED) is 0.433. The minimum Gasteiger partial charge on any atom is -0.353 e. The molecular formula is C30H34N4O3S. The molecule has 7 nitrogen and oxygen atoms in total. The van der Waals surface area contributed by atoms with E-state index in [1.807, 2.05) is 66.1 Å². The number of nitrogens with two attached hydrogens (primary N) is 1. The van der Waals surface area contributed by atoms with Gasteiger partial charge < -0.3 is 20.9 Å². The van der Waals surface area contributed by atoms with Gasteiger partial charge in [-0.05, 0) is 65.6 Å². The fourth-order valence-corrected chi connectivity index (χ4v) is 6.08. The maximum atomic E-state index is 14.3. The Bertz CT molecular complexity index is 1350. The summed E-state index contributed by atoms with van der Waals surface area (Å²) in [6.07, 6.45) is 7.47. The Kier molecular flexibility index (Phi) is 7.63. The summed E-state index contributed by atoms with van der Waals surface area (Å²) >= 11 is 1.57. The number of benzene rings is 2. The molecule has 198 valence electrons. The van der Waals surface area contributed by atoms with Crippen molar-refractivity contribution < 1.29 is 14.4 Å². The van der Waals surface area contributed by atoms with Gasteiger partial charge in [0.15, 0.2) is 0 Å². The third-order valence-electron chi connectivity index (χ3n) is 7.78. The number of likely N-dealkylation sites (N-methyl/N-ethyl adjacent to an activating group) is 1. The zero-order valence-corrected chi connectivity index (χ0v) is 22.5. The smallest absolute Gasteiger partial charge is 0.250 e. The van der Waals surface area contributed by atoms with Crippen LogP contribution in [0.1, 0.15) is 42.2 Å². The van der Waals surface area contributed by atoms with Crippen LogP contribution in [0.4, 0.5) is 0 Å². The zero-order chi connectivity index (χ0) is 26.7. The number of hydrogen-bond acceptors (Lipinski definition) is 5. The van der Waals surface area contributed by atoms with Crippen LogP contribution in [0.15, 0.2) is 72.1 Å². The summed E-state index contributed by atoms with van der Waals surface area (Å²) in [5.41, 5.74) is 6.82. The number of amides is 3. The largest absolute Gasteiger partial charge is 0.353 e. The number of nitrogens with one attached hydrogen (secondary N) is 1. The van der Waals surface area contributed by atoms with Gasteiger partial charge in [0.05, 0.1) is 0 Å². The second-order valence-electron chi connectivity index (χ2n) is 10.4. The maximum Gasteiger partial charge on any atom is 0.250 e. The van der Waals surface area contributed by atoms with Crippen LogP contribution >= 0.6 is 11.3 Å². The molecule has 1 saturated heterocycles.